The molecule has 2 heterocycles. The van der Waals surface area contributed by atoms with Crippen molar-refractivity contribution in [2.45, 2.75) is 6.18 Å². The number of rotatable bonds is 2. The molecule has 0 atom stereocenters. The molecule has 0 aliphatic carbocycles. The molecule has 142 valence electrons. The minimum atomic E-state index is -4.72. The minimum Gasteiger partial charge on any atom is -0.365 e. The molecule has 0 bridgehead atoms. The van der Waals surface area contributed by atoms with Crippen LogP contribution < -0.4 is 11.2 Å². The van der Waals surface area contributed by atoms with Crippen LogP contribution >= 0.6 is 0 Å². The first-order valence-corrected chi connectivity index (χ1v) is 8.00. The van der Waals surface area contributed by atoms with E-state index in [1.165, 1.54) is 24.4 Å². The van der Waals surface area contributed by atoms with Gasteiger partial charge in [-0.15, -0.1) is 0 Å². The van der Waals surface area contributed by atoms with Gasteiger partial charge in [-0.05, 0) is 36.4 Å². The second-order valence-electron chi connectivity index (χ2n) is 6.20. The van der Waals surface area contributed by atoms with Gasteiger partial charge in [0.2, 0.25) is 5.43 Å². The molecule has 0 saturated carbocycles. The predicted octanol–water partition coefficient (Wildman–Crippen LogP) is 3.73. The number of alkyl halides is 3. The molecule has 0 spiro atoms. The Morgan fingerprint density at radius 3 is 2.54 bits per heavy atom. The van der Waals surface area contributed by atoms with Gasteiger partial charge < -0.3 is 15.3 Å². The van der Waals surface area contributed by atoms with Crippen molar-refractivity contribution in [1.29, 1.82) is 0 Å². The van der Waals surface area contributed by atoms with Gasteiger partial charge in [-0.2, -0.15) is 13.2 Å². The normalized spacial score (nSPS) is 12.0. The molecule has 0 aliphatic rings. The summed E-state index contributed by atoms with van der Waals surface area (Å²) >= 11 is 0. The molecule has 28 heavy (non-hydrogen) atoms. The molecule has 0 unspecified atom stereocenters. The van der Waals surface area contributed by atoms with E-state index in [-0.39, 0.29) is 16.6 Å². The van der Waals surface area contributed by atoms with Gasteiger partial charge in [-0.25, -0.2) is 4.39 Å². The van der Waals surface area contributed by atoms with Gasteiger partial charge in [0.15, 0.2) is 0 Å². The highest BCUT2D eigenvalue weighted by Gasteiger charge is 2.35. The number of hydrogen-bond donors (Lipinski definition) is 2. The number of nitrogens with zero attached hydrogens (tertiary/aromatic N) is 1. The largest absolute Gasteiger partial charge is 0.418 e. The molecule has 2 aromatic heterocycles. The third-order valence-electron chi connectivity index (χ3n) is 4.47. The van der Waals surface area contributed by atoms with Crippen LogP contribution in [0, 0.1) is 5.82 Å². The number of aromatic nitrogens is 2. The summed E-state index contributed by atoms with van der Waals surface area (Å²) in [5, 5.41) is 0.0820. The number of benzene rings is 2. The highest BCUT2D eigenvalue weighted by atomic mass is 19.4. The first-order chi connectivity index (χ1) is 13.2. The minimum absolute atomic E-state index is 0.00723. The number of halogens is 4. The average Bonchev–Trinajstić information content (AvgIpc) is 3.08. The maximum atomic E-state index is 13.7. The fraction of sp³-hybridized carbons (Fsp3) is 0.0526. The molecule has 0 radical (unpaired) electrons. The number of primary amides is 1. The zero-order chi connectivity index (χ0) is 20.2. The summed E-state index contributed by atoms with van der Waals surface area (Å²) in [5.41, 5.74) is 2.92. The number of pyridine rings is 1. The lowest BCUT2D eigenvalue weighted by molar-refractivity contribution is -0.137. The molecule has 1 amide bonds. The average molecular weight is 389 g/mol. The summed E-state index contributed by atoms with van der Waals surface area (Å²) in [4.78, 5) is 26.9. The van der Waals surface area contributed by atoms with Crippen LogP contribution in [0.5, 0.6) is 0 Å². The van der Waals surface area contributed by atoms with Gasteiger partial charge in [0.05, 0.1) is 16.8 Å². The Labute approximate surface area is 154 Å². The Hall–Kier alpha value is -3.62. The smallest absolute Gasteiger partial charge is 0.365 e. The van der Waals surface area contributed by atoms with Crippen LogP contribution in [0.15, 0.2) is 53.6 Å². The molecule has 0 aliphatic heterocycles. The van der Waals surface area contributed by atoms with E-state index >= 15 is 0 Å². The number of fused-ring (bicyclic) bond motifs is 2. The van der Waals surface area contributed by atoms with Gasteiger partial charge in [0.25, 0.3) is 5.91 Å². The van der Waals surface area contributed by atoms with Gasteiger partial charge in [0, 0.05) is 28.7 Å². The topological polar surface area (TPSA) is 80.9 Å². The van der Waals surface area contributed by atoms with Crippen molar-refractivity contribution in [3.05, 3.63) is 76.0 Å². The molecular weight excluding hydrogens is 378 g/mol. The quantitative estimate of drug-likeness (QED) is 0.513. The van der Waals surface area contributed by atoms with Crippen LogP contribution in [0.3, 0.4) is 0 Å². The number of carbonyl (C=O) groups is 1. The van der Waals surface area contributed by atoms with Crippen LogP contribution in [0.2, 0.25) is 0 Å². The Morgan fingerprint density at radius 2 is 1.86 bits per heavy atom. The number of nitrogens with two attached hydrogens (primary N) is 1. The van der Waals surface area contributed by atoms with Crippen LogP contribution in [0.25, 0.3) is 27.5 Å². The van der Waals surface area contributed by atoms with E-state index in [9.17, 15) is 27.2 Å². The predicted molar refractivity (Wildman–Crippen MR) is 94.9 cm³/mol. The summed E-state index contributed by atoms with van der Waals surface area (Å²) in [6.07, 6.45) is -2.28. The van der Waals surface area contributed by atoms with E-state index < -0.39 is 34.5 Å². The number of H-pyrrole nitrogens is 1. The molecule has 4 aromatic rings. The SMILES string of the molecule is NC(=O)c1cn(-c2cc3[nH]ccc3cc2C(F)(F)F)c2ccc(F)cc2c1=O. The lowest BCUT2D eigenvalue weighted by Crippen LogP contribution is -2.24. The molecule has 3 N–H and O–H groups in total. The highest BCUT2D eigenvalue weighted by Crippen LogP contribution is 2.37. The van der Waals surface area contributed by atoms with Gasteiger partial charge in [0.1, 0.15) is 11.4 Å². The standard InChI is InChI=1S/C19H11F4N3O2/c20-10-1-2-15-11(6-10)17(27)12(18(24)28)8-26(15)16-7-14-9(3-4-25-14)5-13(16)19(21,22)23/h1-8,25H,(H2,24,28). The third-order valence-corrected chi connectivity index (χ3v) is 4.47. The fourth-order valence-electron chi connectivity index (χ4n) is 3.19. The number of amides is 1. The summed E-state index contributed by atoms with van der Waals surface area (Å²) < 4.78 is 55.9. The first-order valence-electron chi connectivity index (χ1n) is 8.00. The van der Waals surface area contributed by atoms with E-state index in [0.717, 1.165) is 29.0 Å². The Balaban J connectivity index is 2.19. The van der Waals surface area contributed by atoms with E-state index in [0.29, 0.717) is 10.9 Å². The summed E-state index contributed by atoms with van der Waals surface area (Å²) in [5.74, 6) is -1.90. The number of hydrogen-bond acceptors (Lipinski definition) is 2. The Bertz CT molecular complexity index is 1320. The van der Waals surface area contributed by atoms with Crippen LogP contribution in [0.4, 0.5) is 17.6 Å². The van der Waals surface area contributed by atoms with Crippen molar-refractivity contribution < 1.29 is 22.4 Å². The van der Waals surface area contributed by atoms with Crippen molar-refractivity contribution in [1.82, 2.24) is 9.55 Å². The molecule has 4 rings (SSSR count). The van der Waals surface area contributed by atoms with Crippen molar-refractivity contribution in [2.75, 3.05) is 0 Å². The lowest BCUT2D eigenvalue weighted by atomic mass is 10.1. The van der Waals surface area contributed by atoms with E-state index in [1.807, 2.05) is 0 Å². The first kappa shape index (κ1) is 17.8. The van der Waals surface area contributed by atoms with Gasteiger partial charge in [-0.3, -0.25) is 9.59 Å². The zero-order valence-corrected chi connectivity index (χ0v) is 14.0. The Kier molecular flexibility index (Phi) is 3.77. The molecule has 2 aromatic carbocycles. The zero-order valence-electron chi connectivity index (χ0n) is 14.0. The summed E-state index contributed by atoms with van der Waals surface area (Å²) in [6.45, 7) is 0. The lowest BCUT2D eigenvalue weighted by Gasteiger charge is -2.18. The molecule has 9 heteroatoms. The molecule has 5 nitrogen and oxygen atoms in total. The number of carbonyl (C=O) groups excluding carboxylic acids is 1. The number of nitrogens with one attached hydrogen (secondary N) is 1. The molecule has 0 saturated heterocycles. The van der Waals surface area contributed by atoms with E-state index in [4.69, 9.17) is 5.73 Å². The second kappa shape index (κ2) is 5.95. The molecule has 0 fully saturated rings. The van der Waals surface area contributed by atoms with Crippen molar-refractivity contribution in [3.8, 4) is 5.69 Å². The fourth-order valence-corrected chi connectivity index (χ4v) is 3.19. The van der Waals surface area contributed by atoms with Crippen LogP contribution in [0.1, 0.15) is 15.9 Å². The third kappa shape index (κ3) is 2.72. The maximum Gasteiger partial charge on any atom is 0.418 e. The van der Waals surface area contributed by atoms with E-state index in [2.05, 4.69) is 4.98 Å². The summed E-state index contributed by atoms with van der Waals surface area (Å²) in [6, 6.07) is 6.75. The number of aromatic amines is 1. The monoisotopic (exact) mass is 389 g/mol. The van der Waals surface area contributed by atoms with Gasteiger partial charge in [-0.1, -0.05) is 0 Å². The van der Waals surface area contributed by atoms with E-state index in [1.54, 1.807) is 0 Å². The highest BCUT2D eigenvalue weighted by molar-refractivity contribution is 5.97. The van der Waals surface area contributed by atoms with Crippen LogP contribution in [-0.2, 0) is 6.18 Å². The van der Waals surface area contributed by atoms with Crippen molar-refractivity contribution in [2.24, 2.45) is 5.73 Å². The van der Waals surface area contributed by atoms with Crippen LogP contribution in [-0.4, -0.2) is 15.5 Å². The van der Waals surface area contributed by atoms with Crippen molar-refractivity contribution >= 4 is 27.7 Å². The second-order valence-corrected chi connectivity index (χ2v) is 6.20. The maximum absolute atomic E-state index is 13.7. The van der Waals surface area contributed by atoms with Gasteiger partial charge >= 0.3 is 6.18 Å². The Morgan fingerprint density at radius 1 is 1.11 bits per heavy atom. The summed E-state index contributed by atoms with van der Waals surface area (Å²) in [7, 11) is 0. The molecular formula is C19H11F4N3O2. The van der Waals surface area contributed by atoms with Crippen molar-refractivity contribution in [3.63, 3.8) is 0 Å².